The van der Waals surface area contributed by atoms with Gasteiger partial charge in [-0.2, -0.15) is 0 Å². The number of nitrogen functional groups attached to an aromatic ring is 1. The molecular formula is C13H13BrN4S. The van der Waals surface area contributed by atoms with Gasteiger partial charge < -0.3 is 10.3 Å². The third kappa shape index (κ3) is 2.15. The Labute approximate surface area is 123 Å². The number of imidazole rings is 1. The quantitative estimate of drug-likeness (QED) is 0.790. The van der Waals surface area contributed by atoms with Gasteiger partial charge in [0.15, 0.2) is 0 Å². The Bertz CT molecular complexity index is 705. The van der Waals surface area contributed by atoms with Crippen LogP contribution in [0, 0.1) is 0 Å². The summed E-state index contributed by atoms with van der Waals surface area (Å²) in [5, 5.41) is 3.05. The molecule has 4 nitrogen and oxygen atoms in total. The Morgan fingerprint density at radius 1 is 1.47 bits per heavy atom. The van der Waals surface area contributed by atoms with Gasteiger partial charge in [-0.3, -0.25) is 0 Å². The molecule has 0 amide bonds. The summed E-state index contributed by atoms with van der Waals surface area (Å²) in [4.78, 5) is 8.85. The van der Waals surface area contributed by atoms with E-state index in [9.17, 15) is 0 Å². The highest BCUT2D eigenvalue weighted by atomic mass is 79.9. The third-order valence-corrected chi connectivity index (χ3v) is 4.48. The van der Waals surface area contributed by atoms with Crippen molar-refractivity contribution in [2.45, 2.75) is 19.4 Å². The van der Waals surface area contributed by atoms with Crippen LogP contribution in [0.1, 0.15) is 24.4 Å². The second-order valence-corrected chi connectivity index (χ2v) is 6.11. The molecule has 2 heterocycles. The van der Waals surface area contributed by atoms with Crippen molar-refractivity contribution in [3.63, 3.8) is 0 Å². The molecular weight excluding hydrogens is 324 g/mol. The van der Waals surface area contributed by atoms with Gasteiger partial charge in [0, 0.05) is 16.0 Å². The van der Waals surface area contributed by atoms with Gasteiger partial charge in [0.05, 0.1) is 17.1 Å². The zero-order valence-corrected chi connectivity index (χ0v) is 12.8. The summed E-state index contributed by atoms with van der Waals surface area (Å²) in [6.07, 6.45) is 2.75. The number of hydrogen-bond donors (Lipinski definition) is 1. The molecule has 0 aliphatic carbocycles. The van der Waals surface area contributed by atoms with Crippen LogP contribution in [0.15, 0.2) is 34.2 Å². The summed E-state index contributed by atoms with van der Waals surface area (Å²) >= 11 is 5.15. The van der Waals surface area contributed by atoms with Gasteiger partial charge in [0.25, 0.3) is 0 Å². The highest BCUT2D eigenvalue weighted by Crippen LogP contribution is 2.31. The molecule has 0 saturated heterocycles. The van der Waals surface area contributed by atoms with Crippen molar-refractivity contribution in [3.05, 3.63) is 39.3 Å². The zero-order valence-electron chi connectivity index (χ0n) is 10.4. The van der Waals surface area contributed by atoms with E-state index >= 15 is 0 Å². The largest absolute Gasteiger partial charge is 0.369 e. The molecule has 0 saturated carbocycles. The Morgan fingerprint density at radius 2 is 2.32 bits per heavy atom. The lowest BCUT2D eigenvalue weighted by Gasteiger charge is -2.16. The summed E-state index contributed by atoms with van der Waals surface area (Å²) in [5.74, 6) is 0.537. The van der Waals surface area contributed by atoms with E-state index in [0.29, 0.717) is 5.95 Å². The molecule has 1 unspecified atom stereocenters. The fraction of sp³-hybridized carbons (Fsp3) is 0.231. The summed E-state index contributed by atoms with van der Waals surface area (Å²) in [5.41, 5.74) is 8.05. The van der Waals surface area contributed by atoms with Crippen molar-refractivity contribution in [2.24, 2.45) is 0 Å². The number of benzene rings is 1. The molecule has 1 atom stereocenters. The van der Waals surface area contributed by atoms with Crippen LogP contribution in [0.4, 0.5) is 5.95 Å². The zero-order chi connectivity index (χ0) is 13.4. The SMILES string of the molecule is CCC(c1nccs1)n1c(N)nc2ccc(Br)cc21. The molecule has 1 aromatic carbocycles. The van der Waals surface area contributed by atoms with Gasteiger partial charge in [0.1, 0.15) is 5.01 Å². The van der Waals surface area contributed by atoms with E-state index in [2.05, 4.69) is 43.5 Å². The standard InChI is InChI=1S/C13H13BrN4S/c1-2-10(12-16-5-6-19-12)18-11-7-8(14)3-4-9(11)17-13(18)15/h3-7,10H,2H2,1H3,(H2,15,17). The highest BCUT2D eigenvalue weighted by molar-refractivity contribution is 9.10. The third-order valence-electron chi connectivity index (χ3n) is 3.11. The number of rotatable bonds is 3. The number of anilines is 1. The summed E-state index contributed by atoms with van der Waals surface area (Å²) in [6.45, 7) is 2.13. The van der Waals surface area contributed by atoms with E-state index < -0.39 is 0 Å². The molecule has 0 aliphatic rings. The van der Waals surface area contributed by atoms with Crippen LogP contribution >= 0.6 is 27.3 Å². The van der Waals surface area contributed by atoms with E-state index in [1.807, 2.05) is 23.7 Å². The van der Waals surface area contributed by atoms with Crippen molar-refractivity contribution in [3.8, 4) is 0 Å². The predicted octanol–water partition coefficient (Wildman–Crippen LogP) is 3.84. The monoisotopic (exact) mass is 336 g/mol. The van der Waals surface area contributed by atoms with Crippen molar-refractivity contribution in [2.75, 3.05) is 5.73 Å². The number of thiazole rings is 1. The normalized spacial score (nSPS) is 12.9. The minimum atomic E-state index is 0.138. The topological polar surface area (TPSA) is 56.7 Å². The van der Waals surface area contributed by atoms with Gasteiger partial charge in [0.2, 0.25) is 5.95 Å². The summed E-state index contributed by atoms with van der Waals surface area (Å²) in [7, 11) is 0. The first kappa shape index (κ1) is 12.6. The Morgan fingerprint density at radius 3 is 3.00 bits per heavy atom. The minimum Gasteiger partial charge on any atom is -0.369 e. The second kappa shape index (κ2) is 4.94. The molecule has 3 aromatic rings. The lowest BCUT2D eigenvalue weighted by Crippen LogP contribution is -2.12. The maximum absolute atomic E-state index is 6.10. The van der Waals surface area contributed by atoms with Crippen LogP contribution in [0.3, 0.4) is 0 Å². The molecule has 0 bridgehead atoms. The molecule has 19 heavy (non-hydrogen) atoms. The maximum atomic E-state index is 6.10. The average Bonchev–Trinajstić information content (AvgIpc) is 3.00. The molecule has 2 N–H and O–H groups in total. The van der Waals surface area contributed by atoms with E-state index in [0.717, 1.165) is 26.9 Å². The molecule has 0 fully saturated rings. The number of fused-ring (bicyclic) bond motifs is 1. The van der Waals surface area contributed by atoms with Crippen LogP contribution in [0.25, 0.3) is 11.0 Å². The van der Waals surface area contributed by atoms with Gasteiger partial charge in [-0.1, -0.05) is 22.9 Å². The first-order chi connectivity index (χ1) is 9.20. The fourth-order valence-corrected chi connectivity index (χ4v) is 3.44. The molecule has 6 heteroatoms. The van der Waals surface area contributed by atoms with E-state index in [4.69, 9.17) is 5.73 Å². The number of halogens is 1. The van der Waals surface area contributed by atoms with Crippen LogP contribution < -0.4 is 5.73 Å². The smallest absolute Gasteiger partial charge is 0.201 e. The molecule has 3 rings (SSSR count). The van der Waals surface area contributed by atoms with E-state index in [1.54, 1.807) is 11.3 Å². The number of nitrogens with two attached hydrogens (primary N) is 1. The van der Waals surface area contributed by atoms with Crippen molar-refractivity contribution in [1.29, 1.82) is 0 Å². The summed E-state index contributed by atoms with van der Waals surface area (Å²) in [6, 6.07) is 6.14. The number of nitrogens with zero attached hydrogens (tertiary/aromatic N) is 3. The second-order valence-electron chi connectivity index (χ2n) is 4.27. The predicted molar refractivity (Wildman–Crippen MR) is 82.4 cm³/mol. The van der Waals surface area contributed by atoms with Gasteiger partial charge in [-0.05, 0) is 24.6 Å². The summed E-state index contributed by atoms with van der Waals surface area (Å²) < 4.78 is 3.09. The van der Waals surface area contributed by atoms with Crippen LogP contribution in [0.5, 0.6) is 0 Å². The molecule has 0 radical (unpaired) electrons. The van der Waals surface area contributed by atoms with Gasteiger partial charge >= 0.3 is 0 Å². The Balaban J connectivity index is 2.23. The van der Waals surface area contributed by atoms with E-state index in [-0.39, 0.29) is 6.04 Å². The highest BCUT2D eigenvalue weighted by Gasteiger charge is 2.20. The van der Waals surface area contributed by atoms with Gasteiger partial charge in [-0.25, -0.2) is 9.97 Å². The average molecular weight is 337 g/mol. The van der Waals surface area contributed by atoms with Crippen LogP contribution in [-0.2, 0) is 0 Å². The number of hydrogen-bond acceptors (Lipinski definition) is 4. The Kier molecular flexibility index (Phi) is 3.28. The van der Waals surface area contributed by atoms with Crippen molar-refractivity contribution < 1.29 is 0 Å². The van der Waals surface area contributed by atoms with Crippen molar-refractivity contribution in [1.82, 2.24) is 14.5 Å². The maximum Gasteiger partial charge on any atom is 0.201 e. The lowest BCUT2D eigenvalue weighted by molar-refractivity contribution is 0.585. The lowest BCUT2D eigenvalue weighted by atomic mass is 10.2. The minimum absolute atomic E-state index is 0.138. The molecule has 98 valence electrons. The number of aromatic nitrogens is 3. The van der Waals surface area contributed by atoms with E-state index in [1.165, 1.54) is 0 Å². The molecule has 2 aromatic heterocycles. The van der Waals surface area contributed by atoms with Gasteiger partial charge in [-0.15, -0.1) is 11.3 Å². The van der Waals surface area contributed by atoms with Crippen LogP contribution in [-0.4, -0.2) is 14.5 Å². The molecule has 0 spiro atoms. The Hall–Kier alpha value is -1.40. The first-order valence-electron chi connectivity index (χ1n) is 6.03. The van der Waals surface area contributed by atoms with Crippen molar-refractivity contribution >= 4 is 44.2 Å². The fourth-order valence-electron chi connectivity index (χ4n) is 2.28. The van der Waals surface area contributed by atoms with Crippen LogP contribution in [0.2, 0.25) is 0 Å². The molecule has 0 aliphatic heterocycles. The first-order valence-corrected chi connectivity index (χ1v) is 7.70.